The zero-order chi connectivity index (χ0) is 18.8. The summed E-state index contributed by atoms with van der Waals surface area (Å²) in [7, 11) is -3.58. The van der Waals surface area contributed by atoms with E-state index in [1.165, 1.54) is 4.31 Å². The lowest BCUT2D eigenvalue weighted by Gasteiger charge is -2.39. The summed E-state index contributed by atoms with van der Waals surface area (Å²) in [6, 6.07) is 6.52. The SMILES string of the molecule is C[C@@H]1CN(C(=O)OC(C)(C)C)CCN1S(=O)(=O)c1ccc(CBr)cc1. The Labute approximate surface area is 158 Å². The number of carbonyl (C=O) groups is 1. The number of carbonyl (C=O) groups excluding carboxylic acids is 1. The molecule has 0 saturated carbocycles. The Morgan fingerprint density at radius 1 is 1.24 bits per heavy atom. The molecule has 1 atom stereocenters. The van der Waals surface area contributed by atoms with Crippen LogP contribution < -0.4 is 0 Å². The van der Waals surface area contributed by atoms with Gasteiger partial charge in [-0.05, 0) is 45.4 Å². The van der Waals surface area contributed by atoms with Gasteiger partial charge in [0, 0.05) is 31.0 Å². The molecule has 0 radical (unpaired) electrons. The van der Waals surface area contributed by atoms with E-state index in [2.05, 4.69) is 15.9 Å². The Kier molecular flexibility index (Phi) is 6.17. The van der Waals surface area contributed by atoms with Gasteiger partial charge in [-0.1, -0.05) is 28.1 Å². The Morgan fingerprint density at radius 3 is 2.32 bits per heavy atom. The molecule has 0 N–H and O–H groups in total. The largest absolute Gasteiger partial charge is 0.444 e. The molecular weight excluding hydrogens is 408 g/mol. The highest BCUT2D eigenvalue weighted by Gasteiger charge is 2.36. The molecule has 0 unspecified atom stereocenters. The van der Waals surface area contributed by atoms with Crippen molar-refractivity contribution in [2.24, 2.45) is 0 Å². The van der Waals surface area contributed by atoms with Gasteiger partial charge in [-0.3, -0.25) is 0 Å². The highest BCUT2D eigenvalue weighted by molar-refractivity contribution is 9.08. The van der Waals surface area contributed by atoms with Crippen molar-refractivity contribution < 1.29 is 17.9 Å². The number of nitrogens with zero attached hydrogens (tertiary/aromatic N) is 2. The molecule has 1 saturated heterocycles. The highest BCUT2D eigenvalue weighted by atomic mass is 79.9. The van der Waals surface area contributed by atoms with E-state index in [4.69, 9.17) is 4.74 Å². The molecule has 1 aromatic rings. The van der Waals surface area contributed by atoms with Crippen molar-refractivity contribution >= 4 is 32.0 Å². The molecule has 1 heterocycles. The summed E-state index contributed by atoms with van der Waals surface area (Å²) in [5.74, 6) is 0. The van der Waals surface area contributed by atoms with E-state index in [1.54, 1.807) is 36.1 Å². The molecule has 0 bridgehead atoms. The normalized spacial score (nSPS) is 19.7. The number of alkyl halides is 1. The van der Waals surface area contributed by atoms with Crippen molar-refractivity contribution in [3.05, 3.63) is 29.8 Å². The topological polar surface area (TPSA) is 66.9 Å². The third kappa shape index (κ3) is 4.95. The van der Waals surface area contributed by atoms with Crippen LogP contribution in [0.5, 0.6) is 0 Å². The van der Waals surface area contributed by atoms with Crippen molar-refractivity contribution in [1.82, 2.24) is 9.21 Å². The van der Waals surface area contributed by atoms with E-state index in [9.17, 15) is 13.2 Å². The van der Waals surface area contributed by atoms with Crippen LogP contribution in [0.3, 0.4) is 0 Å². The second-order valence-electron chi connectivity index (χ2n) is 7.17. The maximum atomic E-state index is 12.9. The molecule has 8 heteroatoms. The monoisotopic (exact) mass is 432 g/mol. The minimum atomic E-state index is -3.58. The molecule has 140 valence electrons. The van der Waals surface area contributed by atoms with Gasteiger partial charge in [0.15, 0.2) is 0 Å². The van der Waals surface area contributed by atoms with Crippen molar-refractivity contribution in [3.63, 3.8) is 0 Å². The predicted octanol–water partition coefficient (Wildman–Crippen LogP) is 3.21. The molecule has 1 aliphatic heterocycles. The summed E-state index contributed by atoms with van der Waals surface area (Å²) in [6.45, 7) is 8.12. The van der Waals surface area contributed by atoms with Crippen LogP contribution >= 0.6 is 15.9 Å². The van der Waals surface area contributed by atoms with E-state index in [0.29, 0.717) is 18.4 Å². The van der Waals surface area contributed by atoms with Gasteiger partial charge in [0.25, 0.3) is 0 Å². The van der Waals surface area contributed by atoms with E-state index in [1.807, 2.05) is 20.8 Å². The van der Waals surface area contributed by atoms with Crippen molar-refractivity contribution in [3.8, 4) is 0 Å². The average molecular weight is 433 g/mol. The second-order valence-corrected chi connectivity index (χ2v) is 9.62. The minimum absolute atomic E-state index is 0.253. The Hall–Kier alpha value is -1.12. The lowest BCUT2D eigenvalue weighted by Crippen LogP contribution is -2.55. The summed E-state index contributed by atoms with van der Waals surface area (Å²) in [4.78, 5) is 14.0. The fourth-order valence-electron chi connectivity index (χ4n) is 2.68. The van der Waals surface area contributed by atoms with Crippen LogP contribution in [0.4, 0.5) is 4.79 Å². The first-order chi connectivity index (χ1) is 11.5. The number of benzene rings is 1. The first kappa shape index (κ1) is 20.2. The summed E-state index contributed by atoms with van der Waals surface area (Å²) < 4.78 is 32.6. The van der Waals surface area contributed by atoms with Crippen molar-refractivity contribution in [2.75, 3.05) is 19.6 Å². The number of ether oxygens (including phenoxy) is 1. The Morgan fingerprint density at radius 2 is 1.84 bits per heavy atom. The Bertz CT molecular complexity index is 713. The van der Waals surface area contributed by atoms with Crippen LogP contribution in [0.25, 0.3) is 0 Å². The quantitative estimate of drug-likeness (QED) is 0.687. The first-order valence-electron chi connectivity index (χ1n) is 8.19. The van der Waals surface area contributed by atoms with Gasteiger partial charge in [-0.2, -0.15) is 4.31 Å². The van der Waals surface area contributed by atoms with E-state index >= 15 is 0 Å². The zero-order valence-corrected chi connectivity index (χ0v) is 17.4. The summed E-state index contributed by atoms with van der Waals surface area (Å²) in [5.41, 5.74) is 0.447. The summed E-state index contributed by atoms with van der Waals surface area (Å²) in [5, 5.41) is 0.679. The number of sulfonamides is 1. The molecule has 1 fully saturated rings. The number of piperazine rings is 1. The van der Waals surface area contributed by atoms with E-state index < -0.39 is 21.7 Å². The van der Waals surface area contributed by atoms with Gasteiger partial charge >= 0.3 is 6.09 Å². The third-order valence-corrected chi connectivity index (χ3v) is 6.58. The fraction of sp³-hybridized carbons (Fsp3) is 0.588. The molecule has 2 rings (SSSR count). The summed E-state index contributed by atoms with van der Waals surface area (Å²) >= 11 is 3.35. The lowest BCUT2D eigenvalue weighted by molar-refractivity contribution is 0.0143. The van der Waals surface area contributed by atoms with Crippen LogP contribution in [0.1, 0.15) is 33.3 Å². The van der Waals surface area contributed by atoms with Crippen LogP contribution in [0, 0.1) is 0 Å². The molecule has 0 aromatic heterocycles. The molecule has 1 aliphatic rings. The Balaban J connectivity index is 2.10. The number of halogens is 1. The fourth-order valence-corrected chi connectivity index (χ4v) is 4.66. The first-order valence-corrected chi connectivity index (χ1v) is 10.8. The summed E-state index contributed by atoms with van der Waals surface area (Å²) in [6.07, 6.45) is -0.405. The average Bonchev–Trinajstić information content (AvgIpc) is 2.53. The molecule has 6 nitrogen and oxygen atoms in total. The smallest absolute Gasteiger partial charge is 0.410 e. The van der Waals surface area contributed by atoms with Gasteiger partial charge < -0.3 is 9.64 Å². The van der Waals surface area contributed by atoms with E-state index in [0.717, 1.165) is 5.56 Å². The third-order valence-electron chi connectivity index (χ3n) is 3.90. The lowest BCUT2D eigenvalue weighted by atomic mass is 10.2. The van der Waals surface area contributed by atoms with Gasteiger partial charge in [-0.15, -0.1) is 0 Å². The number of hydrogen-bond donors (Lipinski definition) is 0. The predicted molar refractivity (Wildman–Crippen MR) is 100 cm³/mol. The molecule has 0 spiro atoms. The number of rotatable bonds is 3. The molecule has 25 heavy (non-hydrogen) atoms. The van der Waals surface area contributed by atoms with Crippen LogP contribution in [-0.2, 0) is 20.1 Å². The number of amides is 1. The van der Waals surface area contributed by atoms with Gasteiger partial charge in [0.1, 0.15) is 5.60 Å². The number of hydrogen-bond acceptors (Lipinski definition) is 4. The standard InChI is InChI=1S/C17H25BrN2O4S/c1-13-12-19(16(21)24-17(2,3)4)9-10-20(13)25(22,23)15-7-5-14(11-18)6-8-15/h5-8,13H,9-12H2,1-4H3/t13-/m1/s1. The van der Waals surface area contributed by atoms with Crippen LogP contribution in [0.15, 0.2) is 29.2 Å². The molecule has 1 amide bonds. The van der Waals surface area contributed by atoms with Crippen molar-refractivity contribution in [2.45, 2.75) is 49.6 Å². The molecular formula is C17H25BrN2O4S. The van der Waals surface area contributed by atoms with Gasteiger partial charge in [0.05, 0.1) is 4.90 Å². The van der Waals surface area contributed by atoms with Crippen molar-refractivity contribution in [1.29, 1.82) is 0 Å². The maximum Gasteiger partial charge on any atom is 0.410 e. The maximum absolute atomic E-state index is 12.9. The minimum Gasteiger partial charge on any atom is -0.444 e. The van der Waals surface area contributed by atoms with Crippen LogP contribution in [0.2, 0.25) is 0 Å². The molecule has 1 aromatic carbocycles. The van der Waals surface area contributed by atoms with Crippen LogP contribution in [-0.4, -0.2) is 55.0 Å². The second kappa shape index (κ2) is 7.63. The highest BCUT2D eigenvalue weighted by Crippen LogP contribution is 2.23. The van der Waals surface area contributed by atoms with Gasteiger partial charge in [-0.25, -0.2) is 13.2 Å². The molecule has 0 aliphatic carbocycles. The zero-order valence-electron chi connectivity index (χ0n) is 15.0. The van der Waals surface area contributed by atoms with Gasteiger partial charge in [0.2, 0.25) is 10.0 Å². The van der Waals surface area contributed by atoms with E-state index in [-0.39, 0.29) is 17.5 Å².